The van der Waals surface area contributed by atoms with Crippen LogP contribution in [-0.2, 0) is 22.4 Å². The van der Waals surface area contributed by atoms with Gasteiger partial charge in [-0.2, -0.15) is 0 Å². The molecule has 1 aliphatic carbocycles. The summed E-state index contributed by atoms with van der Waals surface area (Å²) in [4.78, 5) is 28.5. The largest absolute Gasteiger partial charge is 0.399 e. The van der Waals surface area contributed by atoms with Gasteiger partial charge in [-0.25, -0.2) is 4.98 Å². The van der Waals surface area contributed by atoms with Crippen LogP contribution >= 0.6 is 36.2 Å². The molecule has 9 heteroatoms. The first-order valence-electron chi connectivity index (χ1n) is 8.85. The molecule has 2 amide bonds. The average molecular weight is 445 g/mol. The maximum Gasteiger partial charge on any atom is 0.228 e. The van der Waals surface area contributed by atoms with Gasteiger partial charge in [-0.05, 0) is 42.5 Å². The van der Waals surface area contributed by atoms with Gasteiger partial charge < -0.3 is 16.4 Å². The maximum absolute atomic E-state index is 12.4. The summed E-state index contributed by atoms with van der Waals surface area (Å²) in [7, 11) is 0. The topological polar surface area (TPSA) is 97.1 Å². The van der Waals surface area contributed by atoms with Crippen LogP contribution in [0.15, 0.2) is 23.6 Å². The van der Waals surface area contributed by atoms with Crippen molar-refractivity contribution in [1.29, 1.82) is 0 Å². The summed E-state index contributed by atoms with van der Waals surface area (Å²) in [6, 6.07) is 5.91. The van der Waals surface area contributed by atoms with Crippen molar-refractivity contribution >= 4 is 58.8 Å². The zero-order chi connectivity index (χ0) is 18.7. The zero-order valence-electron chi connectivity index (χ0n) is 15.9. The first kappa shape index (κ1) is 24.2. The third-order valence-electron chi connectivity index (χ3n) is 4.46. The number of benzene rings is 1. The Labute approximate surface area is 181 Å². The van der Waals surface area contributed by atoms with Crippen molar-refractivity contribution in [2.45, 2.75) is 45.6 Å². The zero-order valence-corrected chi connectivity index (χ0v) is 18.3. The van der Waals surface area contributed by atoms with E-state index in [-0.39, 0.29) is 55.0 Å². The normalized spacial score (nSPS) is 15.0. The molecule has 1 atom stereocenters. The summed E-state index contributed by atoms with van der Waals surface area (Å²) in [5.41, 5.74) is 9.66. The van der Waals surface area contributed by atoms with E-state index in [1.165, 1.54) is 16.9 Å². The van der Waals surface area contributed by atoms with Gasteiger partial charge >= 0.3 is 0 Å². The van der Waals surface area contributed by atoms with Crippen molar-refractivity contribution in [3.8, 4) is 0 Å². The van der Waals surface area contributed by atoms with Gasteiger partial charge in [0.2, 0.25) is 11.8 Å². The van der Waals surface area contributed by atoms with Gasteiger partial charge in [-0.15, -0.1) is 36.2 Å². The van der Waals surface area contributed by atoms with Gasteiger partial charge in [0.15, 0.2) is 5.13 Å². The molecule has 1 aliphatic rings. The standard InChI is InChI=1S/C19H24N4O2S.2ClH/c1-11(2)18(25)23-19-21-14(10-26-19)9-17(24)22-16-5-3-4-12-8-13(20)6-7-15(12)16;;/h6-8,10-11,16H,3-5,9,20H2,1-2H3,(H,22,24)(H,21,23,25);2*1H. The molecule has 2 aromatic rings. The highest BCUT2D eigenvalue weighted by Crippen LogP contribution is 2.31. The number of nitrogens with zero attached hydrogens (tertiary/aromatic N) is 1. The van der Waals surface area contributed by atoms with Crippen LogP contribution in [0.1, 0.15) is 49.6 Å². The second-order valence-corrected chi connectivity index (χ2v) is 7.79. The Bertz CT molecular complexity index is 826. The lowest BCUT2D eigenvalue weighted by Gasteiger charge is -2.26. The van der Waals surface area contributed by atoms with E-state index in [9.17, 15) is 9.59 Å². The second kappa shape index (κ2) is 10.6. The van der Waals surface area contributed by atoms with Crippen LogP contribution in [0.3, 0.4) is 0 Å². The number of amides is 2. The van der Waals surface area contributed by atoms with E-state index in [4.69, 9.17) is 5.73 Å². The molecule has 1 unspecified atom stereocenters. The van der Waals surface area contributed by atoms with Crippen molar-refractivity contribution in [2.75, 3.05) is 11.1 Å². The van der Waals surface area contributed by atoms with Crippen molar-refractivity contribution in [3.63, 3.8) is 0 Å². The van der Waals surface area contributed by atoms with E-state index in [1.54, 1.807) is 0 Å². The lowest BCUT2D eigenvalue weighted by molar-refractivity contribution is -0.121. The third kappa shape index (κ3) is 6.09. The highest BCUT2D eigenvalue weighted by molar-refractivity contribution is 7.13. The molecule has 3 rings (SSSR count). The second-order valence-electron chi connectivity index (χ2n) is 6.94. The number of hydrogen-bond donors (Lipinski definition) is 3. The molecule has 0 fully saturated rings. The summed E-state index contributed by atoms with van der Waals surface area (Å²) >= 11 is 1.34. The van der Waals surface area contributed by atoms with Gasteiger partial charge in [0.05, 0.1) is 18.2 Å². The molecule has 0 bridgehead atoms. The van der Waals surface area contributed by atoms with Crippen LogP contribution in [-0.4, -0.2) is 16.8 Å². The Morgan fingerprint density at radius 3 is 2.79 bits per heavy atom. The highest BCUT2D eigenvalue weighted by Gasteiger charge is 2.22. The number of hydrogen-bond acceptors (Lipinski definition) is 5. The molecule has 1 aromatic heterocycles. The fourth-order valence-corrected chi connectivity index (χ4v) is 3.80. The first-order chi connectivity index (χ1) is 12.4. The number of nitrogens with one attached hydrogen (secondary N) is 2. The summed E-state index contributed by atoms with van der Waals surface area (Å²) in [5, 5.41) is 8.21. The minimum absolute atomic E-state index is 0. The van der Waals surface area contributed by atoms with Crippen LogP contribution in [0.2, 0.25) is 0 Å². The molecule has 1 heterocycles. The Kier molecular flexibility index (Phi) is 9.20. The summed E-state index contributed by atoms with van der Waals surface area (Å²) < 4.78 is 0. The lowest BCUT2D eigenvalue weighted by atomic mass is 9.87. The molecule has 1 aromatic carbocycles. The van der Waals surface area contributed by atoms with Crippen molar-refractivity contribution in [3.05, 3.63) is 40.4 Å². The molecule has 4 N–H and O–H groups in total. The van der Waals surface area contributed by atoms with Gasteiger partial charge in [-0.1, -0.05) is 19.9 Å². The lowest BCUT2D eigenvalue weighted by Crippen LogP contribution is -2.32. The fourth-order valence-electron chi connectivity index (χ4n) is 3.09. The van der Waals surface area contributed by atoms with Crippen molar-refractivity contribution in [1.82, 2.24) is 10.3 Å². The molecule has 6 nitrogen and oxygen atoms in total. The predicted octanol–water partition coefficient (Wildman–Crippen LogP) is 3.90. The quantitative estimate of drug-likeness (QED) is 0.608. The Morgan fingerprint density at radius 2 is 2.07 bits per heavy atom. The molecular formula is C19H26Cl2N4O2S. The number of rotatable bonds is 5. The molecule has 0 saturated carbocycles. The number of aryl methyl sites for hydroxylation is 1. The molecular weight excluding hydrogens is 419 g/mol. The summed E-state index contributed by atoms with van der Waals surface area (Å²) in [5.74, 6) is -0.244. The van der Waals surface area contributed by atoms with Crippen LogP contribution in [0, 0.1) is 5.92 Å². The van der Waals surface area contributed by atoms with Gasteiger partial charge in [0.1, 0.15) is 0 Å². The number of thiazole rings is 1. The molecule has 154 valence electrons. The number of anilines is 2. The van der Waals surface area contributed by atoms with E-state index in [1.807, 2.05) is 37.4 Å². The number of fused-ring (bicyclic) bond motifs is 1. The van der Waals surface area contributed by atoms with Crippen LogP contribution in [0.5, 0.6) is 0 Å². The van der Waals surface area contributed by atoms with Gasteiger partial charge in [0.25, 0.3) is 0 Å². The molecule has 0 radical (unpaired) electrons. The third-order valence-corrected chi connectivity index (χ3v) is 5.27. The number of aromatic nitrogens is 1. The summed E-state index contributed by atoms with van der Waals surface area (Å²) in [6.45, 7) is 3.65. The van der Waals surface area contributed by atoms with Crippen LogP contribution in [0.25, 0.3) is 0 Å². The predicted molar refractivity (Wildman–Crippen MR) is 118 cm³/mol. The molecule has 0 aliphatic heterocycles. The van der Waals surface area contributed by atoms with E-state index >= 15 is 0 Å². The fraction of sp³-hybridized carbons (Fsp3) is 0.421. The van der Waals surface area contributed by atoms with Gasteiger partial charge in [-0.3, -0.25) is 9.59 Å². The Hall–Kier alpha value is -1.83. The van der Waals surface area contributed by atoms with E-state index in [0.717, 1.165) is 30.5 Å². The maximum atomic E-state index is 12.4. The number of halogens is 2. The summed E-state index contributed by atoms with van der Waals surface area (Å²) in [6.07, 6.45) is 3.16. The molecule has 0 spiro atoms. The first-order valence-corrected chi connectivity index (χ1v) is 9.73. The van der Waals surface area contributed by atoms with Crippen LogP contribution < -0.4 is 16.4 Å². The Morgan fingerprint density at radius 1 is 1.32 bits per heavy atom. The minimum atomic E-state index is -0.106. The average Bonchev–Trinajstić information content (AvgIpc) is 3.01. The van der Waals surface area contributed by atoms with Crippen molar-refractivity contribution < 1.29 is 9.59 Å². The van der Waals surface area contributed by atoms with Crippen LogP contribution in [0.4, 0.5) is 10.8 Å². The number of nitrogen functional groups attached to an aromatic ring is 1. The van der Waals surface area contributed by atoms with E-state index < -0.39 is 0 Å². The molecule has 28 heavy (non-hydrogen) atoms. The van der Waals surface area contributed by atoms with Crippen molar-refractivity contribution in [2.24, 2.45) is 5.92 Å². The molecule has 0 saturated heterocycles. The number of carbonyl (C=O) groups is 2. The van der Waals surface area contributed by atoms with E-state index in [2.05, 4.69) is 15.6 Å². The smallest absolute Gasteiger partial charge is 0.228 e. The highest BCUT2D eigenvalue weighted by atomic mass is 35.5. The number of carbonyl (C=O) groups excluding carboxylic acids is 2. The minimum Gasteiger partial charge on any atom is -0.399 e. The number of nitrogens with two attached hydrogens (primary N) is 1. The van der Waals surface area contributed by atoms with E-state index in [0.29, 0.717) is 10.8 Å². The van der Waals surface area contributed by atoms with Gasteiger partial charge in [0, 0.05) is 17.0 Å². The monoisotopic (exact) mass is 444 g/mol. The Balaban J connectivity index is 0.00000196. The SMILES string of the molecule is CC(C)C(=O)Nc1nc(CC(=O)NC2CCCc3cc(N)ccc32)cs1.Cl.Cl.